The largest absolute Gasteiger partial charge is 0.311 e. The summed E-state index contributed by atoms with van der Waals surface area (Å²) in [6.45, 7) is 4.21. The summed E-state index contributed by atoms with van der Waals surface area (Å²) in [5.41, 5.74) is 3.99. The minimum atomic E-state index is 0.961. The maximum Gasteiger partial charge on any atom is 0.0655 e. The fraction of sp³-hybridized carbons (Fsp3) is 0.625. The van der Waals surface area contributed by atoms with E-state index in [9.17, 15) is 0 Å². The van der Waals surface area contributed by atoms with Gasteiger partial charge in [0.05, 0.1) is 11.4 Å². The molecule has 0 aromatic carbocycles. The summed E-state index contributed by atoms with van der Waals surface area (Å²) in [6, 6.07) is 0. The molecule has 1 aliphatic heterocycles. The van der Waals surface area contributed by atoms with Gasteiger partial charge >= 0.3 is 0 Å². The number of fused-ring (bicyclic) bond motifs is 1. The molecule has 1 aromatic rings. The SMILES string of the molecule is CCc1n[nH]c2c1CCNC2. The molecule has 0 aliphatic carbocycles. The lowest BCUT2D eigenvalue weighted by Crippen LogP contribution is -2.23. The van der Waals surface area contributed by atoms with Gasteiger partial charge in [0.15, 0.2) is 0 Å². The molecule has 0 spiro atoms. The number of hydrogen-bond donors (Lipinski definition) is 2. The zero-order chi connectivity index (χ0) is 7.68. The first-order valence-corrected chi connectivity index (χ1v) is 4.17. The van der Waals surface area contributed by atoms with Gasteiger partial charge in [-0.1, -0.05) is 6.92 Å². The van der Waals surface area contributed by atoms with E-state index in [0.29, 0.717) is 0 Å². The minimum Gasteiger partial charge on any atom is -0.311 e. The highest BCUT2D eigenvalue weighted by atomic mass is 15.1. The van der Waals surface area contributed by atoms with E-state index in [-0.39, 0.29) is 0 Å². The number of aromatic amines is 1. The Balaban J connectivity index is 2.38. The molecule has 0 unspecified atom stereocenters. The van der Waals surface area contributed by atoms with Gasteiger partial charge in [0.25, 0.3) is 0 Å². The number of rotatable bonds is 1. The second-order valence-electron chi connectivity index (χ2n) is 2.91. The summed E-state index contributed by atoms with van der Waals surface area (Å²) in [7, 11) is 0. The molecule has 1 aliphatic rings. The average Bonchev–Trinajstić information content (AvgIpc) is 2.47. The van der Waals surface area contributed by atoms with E-state index < -0.39 is 0 Å². The van der Waals surface area contributed by atoms with Crippen LogP contribution >= 0.6 is 0 Å². The van der Waals surface area contributed by atoms with Crippen molar-refractivity contribution in [3.05, 3.63) is 17.0 Å². The quantitative estimate of drug-likeness (QED) is 0.617. The molecular weight excluding hydrogens is 138 g/mol. The average molecular weight is 151 g/mol. The van der Waals surface area contributed by atoms with Crippen LogP contribution in [0.2, 0.25) is 0 Å². The van der Waals surface area contributed by atoms with Gasteiger partial charge < -0.3 is 5.32 Å². The third-order valence-electron chi connectivity index (χ3n) is 2.23. The number of H-pyrrole nitrogens is 1. The first-order valence-electron chi connectivity index (χ1n) is 4.17. The highest BCUT2D eigenvalue weighted by Crippen LogP contribution is 2.15. The third-order valence-corrected chi connectivity index (χ3v) is 2.23. The van der Waals surface area contributed by atoms with E-state index in [1.807, 2.05) is 0 Å². The van der Waals surface area contributed by atoms with Crippen molar-refractivity contribution >= 4 is 0 Å². The van der Waals surface area contributed by atoms with Crippen molar-refractivity contribution in [3.8, 4) is 0 Å². The number of nitrogens with one attached hydrogen (secondary N) is 2. The van der Waals surface area contributed by atoms with Crippen LogP contribution in [0, 0.1) is 0 Å². The molecule has 3 nitrogen and oxygen atoms in total. The molecule has 2 N–H and O–H groups in total. The van der Waals surface area contributed by atoms with Gasteiger partial charge in [0.2, 0.25) is 0 Å². The number of nitrogens with zero attached hydrogens (tertiary/aromatic N) is 1. The third kappa shape index (κ3) is 1.05. The summed E-state index contributed by atoms with van der Waals surface area (Å²) in [5, 5.41) is 10.6. The van der Waals surface area contributed by atoms with Crippen LogP contribution in [0.3, 0.4) is 0 Å². The van der Waals surface area contributed by atoms with Crippen LogP contribution in [0.1, 0.15) is 23.9 Å². The van der Waals surface area contributed by atoms with Gasteiger partial charge in [-0.05, 0) is 24.9 Å². The van der Waals surface area contributed by atoms with Crippen molar-refractivity contribution in [2.24, 2.45) is 0 Å². The zero-order valence-electron chi connectivity index (χ0n) is 6.78. The first kappa shape index (κ1) is 6.85. The van der Waals surface area contributed by atoms with Crippen LogP contribution in [0.5, 0.6) is 0 Å². The van der Waals surface area contributed by atoms with Crippen molar-refractivity contribution in [2.75, 3.05) is 6.54 Å². The molecule has 0 radical (unpaired) electrons. The molecule has 0 amide bonds. The Morgan fingerprint density at radius 1 is 1.55 bits per heavy atom. The fourth-order valence-electron chi connectivity index (χ4n) is 1.60. The van der Waals surface area contributed by atoms with Crippen LogP contribution in [-0.2, 0) is 19.4 Å². The van der Waals surface area contributed by atoms with Crippen molar-refractivity contribution in [1.82, 2.24) is 15.5 Å². The summed E-state index contributed by atoms with van der Waals surface area (Å²) in [5.74, 6) is 0. The maximum atomic E-state index is 4.25. The summed E-state index contributed by atoms with van der Waals surface area (Å²) in [6.07, 6.45) is 2.18. The predicted molar refractivity (Wildman–Crippen MR) is 43.4 cm³/mol. The minimum absolute atomic E-state index is 0.961. The molecule has 0 saturated carbocycles. The highest BCUT2D eigenvalue weighted by molar-refractivity contribution is 5.27. The first-order chi connectivity index (χ1) is 5.42. The van der Waals surface area contributed by atoms with Crippen molar-refractivity contribution in [2.45, 2.75) is 26.3 Å². The molecule has 0 atom stereocenters. The van der Waals surface area contributed by atoms with E-state index >= 15 is 0 Å². The van der Waals surface area contributed by atoms with Crippen molar-refractivity contribution < 1.29 is 0 Å². The normalized spacial score (nSPS) is 16.5. The molecular formula is C8H13N3. The Morgan fingerprint density at radius 2 is 2.45 bits per heavy atom. The van der Waals surface area contributed by atoms with Crippen LogP contribution in [-0.4, -0.2) is 16.7 Å². The molecule has 0 saturated heterocycles. The Hall–Kier alpha value is -0.830. The monoisotopic (exact) mass is 151 g/mol. The number of aromatic nitrogens is 2. The number of aryl methyl sites for hydroxylation is 1. The molecule has 0 bridgehead atoms. The van der Waals surface area contributed by atoms with Gasteiger partial charge in [-0.25, -0.2) is 0 Å². The summed E-state index contributed by atoms with van der Waals surface area (Å²) in [4.78, 5) is 0. The van der Waals surface area contributed by atoms with Crippen LogP contribution in [0.25, 0.3) is 0 Å². The summed E-state index contributed by atoms with van der Waals surface area (Å²) >= 11 is 0. The van der Waals surface area contributed by atoms with Crippen LogP contribution < -0.4 is 5.32 Å². The lowest BCUT2D eigenvalue weighted by molar-refractivity contribution is 0.631. The molecule has 1 aromatic heterocycles. The van der Waals surface area contributed by atoms with Gasteiger partial charge in [-0.15, -0.1) is 0 Å². The molecule has 11 heavy (non-hydrogen) atoms. The maximum absolute atomic E-state index is 4.25. The van der Waals surface area contributed by atoms with E-state index in [0.717, 1.165) is 25.9 Å². The standard InChI is InChI=1S/C8H13N3/c1-2-7-6-3-4-9-5-8(6)11-10-7/h9H,2-5H2,1H3,(H,10,11). The number of hydrogen-bond acceptors (Lipinski definition) is 2. The topological polar surface area (TPSA) is 40.7 Å². The highest BCUT2D eigenvalue weighted by Gasteiger charge is 2.14. The zero-order valence-corrected chi connectivity index (χ0v) is 6.78. The van der Waals surface area contributed by atoms with Crippen molar-refractivity contribution in [1.29, 1.82) is 0 Å². The van der Waals surface area contributed by atoms with Crippen molar-refractivity contribution in [3.63, 3.8) is 0 Å². The summed E-state index contributed by atoms with van der Waals surface area (Å²) < 4.78 is 0. The second kappa shape index (κ2) is 2.66. The molecule has 3 heteroatoms. The fourth-order valence-corrected chi connectivity index (χ4v) is 1.60. The lowest BCUT2D eigenvalue weighted by Gasteiger charge is -2.12. The Labute approximate surface area is 66.2 Å². The van der Waals surface area contributed by atoms with E-state index in [1.54, 1.807) is 0 Å². The molecule has 0 fully saturated rings. The van der Waals surface area contributed by atoms with Gasteiger partial charge in [-0.2, -0.15) is 5.10 Å². The Kier molecular flexibility index (Phi) is 1.66. The van der Waals surface area contributed by atoms with Gasteiger partial charge in [0, 0.05) is 6.54 Å². The van der Waals surface area contributed by atoms with E-state index in [1.165, 1.54) is 17.0 Å². The van der Waals surface area contributed by atoms with Gasteiger partial charge in [-0.3, -0.25) is 5.10 Å². The second-order valence-corrected chi connectivity index (χ2v) is 2.91. The van der Waals surface area contributed by atoms with Gasteiger partial charge in [0.1, 0.15) is 0 Å². The molecule has 2 rings (SSSR count). The Morgan fingerprint density at radius 3 is 3.27 bits per heavy atom. The smallest absolute Gasteiger partial charge is 0.0655 e. The molecule has 60 valence electrons. The lowest BCUT2D eigenvalue weighted by atomic mass is 10.1. The Bertz CT molecular complexity index is 238. The van der Waals surface area contributed by atoms with E-state index in [2.05, 4.69) is 22.4 Å². The van der Waals surface area contributed by atoms with Crippen LogP contribution in [0.15, 0.2) is 0 Å². The predicted octanol–water partition coefficient (Wildman–Crippen LogP) is 0.618. The van der Waals surface area contributed by atoms with E-state index in [4.69, 9.17) is 0 Å². The van der Waals surface area contributed by atoms with Crippen LogP contribution in [0.4, 0.5) is 0 Å². The molecule has 2 heterocycles.